The Hall–Kier alpha value is -3.14. The number of rotatable bonds is 7. The molecule has 0 amide bonds. The smallest absolute Gasteiger partial charge is 0.200 e. The largest absolute Gasteiger partial charge is 0.489 e. The van der Waals surface area contributed by atoms with E-state index >= 15 is 4.79 Å². The van der Waals surface area contributed by atoms with E-state index in [1.165, 1.54) is 21.6 Å². The Morgan fingerprint density at radius 3 is 2.59 bits per heavy atom. The Kier molecular flexibility index (Phi) is 9.48. The number of nitrogens with zero attached hydrogens (tertiary/aromatic N) is 1. The van der Waals surface area contributed by atoms with Gasteiger partial charge >= 0.3 is 0 Å². The molecule has 9 N–H and O–H groups in total. The first-order chi connectivity index (χ1) is 23.5. The highest BCUT2D eigenvalue weighted by atomic mass is 33.1. The maximum Gasteiger partial charge on any atom is 0.200 e. The van der Waals surface area contributed by atoms with Gasteiger partial charge in [-0.05, 0) is 69.6 Å². The molecule has 2 aliphatic heterocycles. The van der Waals surface area contributed by atoms with E-state index in [-0.39, 0.29) is 53.3 Å². The number of aliphatic hydroxyl groups excluding tert-OH is 2. The van der Waals surface area contributed by atoms with Crippen molar-refractivity contribution in [3.05, 3.63) is 62.5 Å². The van der Waals surface area contributed by atoms with Crippen molar-refractivity contribution in [2.45, 2.75) is 106 Å². The number of fused-ring (bicyclic) bond motifs is 5. The molecule has 2 aromatic carbocycles. The van der Waals surface area contributed by atoms with Gasteiger partial charge in [0.15, 0.2) is 11.4 Å². The van der Waals surface area contributed by atoms with Crippen molar-refractivity contribution in [1.29, 1.82) is 0 Å². The summed E-state index contributed by atoms with van der Waals surface area (Å²) in [4.78, 5) is 19.5. The molecule has 5 atom stereocenters. The molecule has 2 fully saturated rings. The average Bonchev–Trinajstić information content (AvgIpc) is 3.73. The fourth-order valence-corrected chi connectivity index (χ4v) is 10.6. The average molecular weight is 713 g/mol. The van der Waals surface area contributed by atoms with Gasteiger partial charge in [0.25, 0.3) is 0 Å². The van der Waals surface area contributed by atoms with E-state index in [0.717, 1.165) is 49.7 Å². The van der Waals surface area contributed by atoms with Gasteiger partial charge in [-0.2, -0.15) is 0 Å². The molecule has 49 heavy (non-hydrogen) atoms. The lowest BCUT2D eigenvalue weighted by atomic mass is 9.74. The lowest BCUT2D eigenvalue weighted by Gasteiger charge is -2.37. The van der Waals surface area contributed by atoms with Gasteiger partial charge in [-0.25, -0.2) is 4.99 Å². The van der Waals surface area contributed by atoms with Gasteiger partial charge in [0.1, 0.15) is 46.0 Å². The second kappa shape index (κ2) is 13.5. The fraction of sp³-hybridized carbons (Fsp3) is 0.543. The highest BCUT2D eigenvalue weighted by Gasteiger charge is 2.51. The van der Waals surface area contributed by atoms with Crippen molar-refractivity contribution in [3.8, 4) is 11.5 Å². The molecule has 0 saturated heterocycles. The number of aliphatic imine (C=N–C) groups is 1. The third-order valence-corrected chi connectivity index (χ3v) is 12.9. The summed E-state index contributed by atoms with van der Waals surface area (Å²) in [6.45, 7) is 1.36. The number of anilines is 1. The standard InChI is InChI=1S/C35H44N4O8S2/c1-34(43)12-4-7-21-25-29(47-32(21)34)23-15-48-49-17-35(16-40,38-33(36)37)14-24(41)28-22(13-18-8-10-19(39-44)11-9-18)27(42)26(30(23)46-28)31(25)45-20-5-2-3-6-20/h8-11,20-21,24,32,39-41,43-44H,2-7,12-17H2,1H3,(H4,36,37,38). The van der Waals surface area contributed by atoms with Crippen molar-refractivity contribution >= 4 is 44.2 Å². The number of aliphatic hydroxyl groups is 3. The molecule has 14 heteroatoms. The number of nitrogens with one attached hydrogen (secondary N) is 1. The summed E-state index contributed by atoms with van der Waals surface area (Å²) in [7, 11) is 2.93. The molecule has 12 nitrogen and oxygen atoms in total. The van der Waals surface area contributed by atoms with Crippen molar-refractivity contribution < 1.29 is 34.4 Å². The van der Waals surface area contributed by atoms with Crippen LogP contribution in [0.5, 0.6) is 11.5 Å². The van der Waals surface area contributed by atoms with Crippen LogP contribution in [-0.2, 0) is 12.2 Å². The van der Waals surface area contributed by atoms with Crippen LogP contribution in [0.3, 0.4) is 0 Å². The van der Waals surface area contributed by atoms with Crippen LogP contribution < -0.4 is 31.8 Å². The molecular weight excluding hydrogens is 669 g/mol. The molecule has 5 unspecified atom stereocenters. The van der Waals surface area contributed by atoms with Crippen LogP contribution in [0.25, 0.3) is 11.0 Å². The molecule has 0 radical (unpaired) electrons. The highest BCUT2D eigenvalue weighted by molar-refractivity contribution is 8.76. The van der Waals surface area contributed by atoms with Crippen LogP contribution in [-0.4, -0.2) is 62.2 Å². The minimum Gasteiger partial charge on any atom is -0.489 e. The predicted molar refractivity (Wildman–Crippen MR) is 191 cm³/mol. The van der Waals surface area contributed by atoms with Crippen LogP contribution in [0.4, 0.5) is 5.69 Å². The summed E-state index contributed by atoms with van der Waals surface area (Å²) in [6.07, 6.45) is 4.01. The minimum atomic E-state index is -1.37. The predicted octanol–water partition coefficient (Wildman–Crippen LogP) is 4.61. The van der Waals surface area contributed by atoms with Gasteiger partial charge in [0.05, 0.1) is 24.0 Å². The fourth-order valence-electron chi connectivity index (χ4n) is 8.05. The van der Waals surface area contributed by atoms with E-state index < -0.39 is 30.0 Å². The minimum absolute atomic E-state index is 0.0535. The monoisotopic (exact) mass is 712 g/mol. The number of hydrogen-bond donors (Lipinski definition) is 7. The molecule has 1 aromatic heterocycles. The number of benzene rings is 2. The molecule has 264 valence electrons. The zero-order valence-corrected chi connectivity index (χ0v) is 29.1. The number of hydrogen-bond acceptors (Lipinski definition) is 12. The van der Waals surface area contributed by atoms with E-state index in [1.54, 1.807) is 24.3 Å². The number of guanidine groups is 1. The van der Waals surface area contributed by atoms with Crippen molar-refractivity contribution in [1.82, 2.24) is 0 Å². The summed E-state index contributed by atoms with van der Waals surface area (Å²) in [5.74, 6) is 1.31. The Morgan fingerprint density at radius 2 is 1.90 bits per heavy atom. The molecule has 7 rings (SSSR count). The lowest BCUT2D eigenvalue weighted by Crippen LogP contribution is -2.47. The quantitative estimate of drug-likeness (QED) is 0.0775. The number of ether oxygens (including phenoxy) is 2. The summed E-state index contributed by atoms with van der Waals surface area (Å²) in [5.41, 5.74) is 14.3. The molecule has 3 heterocycles. The SMILES string of the molecule is CC1(O)CCCC2c3c(c4c5oc(c(Cc6ccc(NO)cc6)c(=O)c5c3OC3CCCC3)C(O)CC(CO)(N=C(N)N)CSSC4)OC21. The topological polar surface area (TPSA) is 206 Å². The molecule has 2 aliphatic carbocycles. The van der Waals surface area contributed by atoms with Crippen LogP contribution in [0.15, 0.2) is 38.5 Å². The van der Waals surface area contributed by atoms with Crippen LogP contribution in [0, 0.1) is 0 Å². The zero-order chi connectivity index (χ0) is 34.5. The molecule has 3 aromatic rings. The van der Waals surface area contributed by atoms with Gasteiger partial charge < -0.3 is 40.7 Å². The first-order valence-electron chi connectivity index (χ1n) is 16.9. The second-order valence-corrected chi connectivity index (χ2v) is 16.6. The summed E-state index contributed by atoms with van der Waals surface area (Å²) in [6, 6.07) is 6.94. The van der Waals surface area contributed by atoms with Crippen molar-refractivity contribution in [2.24, 2.45) is 16.5 Å². The maximum absolute atomic E-state index is 15.1. The van der Waals surface area contributed by atoms with Gasteiger partial charge in [0.2, 0.25) is 0 Å². The van der Waals surface area contributed by atoms with E-state index in [2.05, 4.69) is 10.5 Å². The molecule has 2 bridgehead atoms. The summed E-state index contributed by atoms with van der Waals surface area (Å²) >= 11 is 0. The van der Waals surface area contributed by atoms with Crippen LogP contribution in [0.2, 0.25) is 0 Å². The summed E-state index contributed by atoms with van der Waals surface area (Å²) in [5, 5.41) is 43.8. The zero-order valence-electron chi connectivity index (χ0n) is 27.4. The third kappa shape index (κ3) is 6.36. The first-order valence-corrected chi connectivity index (χ1v) is 19.4. The third-order valence-electron chi connectivity index (χ3n) is 10.5. The molecule has 2 saturated carbocycles. The number of nitrogens with two attached hydrogens (primary N) is 2. The lowest BCUT2D eigenvalue weighted by molar-refractivity contribution is -0.0727. The highest BCUT2D eigenvalue weighted by Crippen LogP contribution is 2.57. The van der Waals surface area contributed by atoms with E-state index in [4.69, 9.17) is 25.4 Å². The van der Waals surface area contributed by atoms with Crippen molar-refractivity contribution in [2.75, 3.05) is 17.8 Å². The Labute approximate surface area is 292 Å². The van der Waals surface area contributed by atoms with Crippen LogP contribution in [0.1, 0.15) is 98.3 Å². The van der Waals surface area contributed by atoms with Gasteiger partial charge in [-0.15, -0.1) is 0 Å². The van der Waals surface area contributed by atoms with Crippen molar-refractivity contribution in [3.63, 3.8) is 0 Å². The molecule has 0 spiro atoms. The van der Waals surface area contributed by atoms with E-state index in [1.807, 2.05) is 6.92 Å². The second-order valence-electron chi connectivity index (χ2n) is 14.1. The Bertz CT molecular complexity index is 1810. The van der Waals surface area contributed by atoms with Gasteiger partial charge in [-0.3, -0.25) is 15.5 Å². The van der Waals surface area contributed by atoms with Crippen LogP contribution >= 0.6 is 21.6 Å². The van der Waals surface area contributed by atoms with E-state index in [0.29, 0.717) is 45.9 Å². The van der Waals surface area contributed by atoms with Gasteiger partial charge in [-0.1, -0.05) is 33.7 Å². The Balaban J connectivity index is 1.50. The first kappa shape index (κ1) is 34.3. The van der Waals surface area contributed by atoms with Gasteiger partial charge in [0, 0.05) is 47.0 Å². The molecular formula is C35H44N4O8S2. The normalized spacial score (nSPS) is 28.4. The Morgan fingerprint density at radius 1 is 1.14 bits per heavy atom. The van der Waals surface area contributed by atoms with E-state index in [9.17, 15) is 20.5 Å². The molecule has 4 aliphatic rings. The summed E-state index contributed by atoms with van der Waals surface area (Å²) < 4.78 is 20.3. The maximum atomic E-state index is 15.1.